The maximum atomic E-state index is 12.5. The number of allylic oxidation sites excluding steroid dienone is 1. The van der Waals surface area contributed by atoms with E-state index >= 15 is 0 Å². The van der Waals surface area contributed by atoms with Crippen molar-refractivity contribution < 1.29 is 9.50 Å². The van der Waals surface area contributed by atoms with Crippen LogP contribution in [-0.2, 0) is 0 Å². The van der Waals surface area contributed by atoms with Crippen LogP contribution in [0.2, 0.25) is 5.02 Å². The predicted octanol–water partition coefficient (Wildman–Crippen LogP) is 3.56. The number of hydrogen-bond acceptors (Lipinski definition) is 1. The molecule has 0 amide bonds. The standard InChI is InChI=1S/C9H8ClFO/c1-6(11)9(12)7-2-4-8(10)5-3-7/h2-5,12H,1H3/b9-6+. The van der Waals surface area contributed by atoms with Gasteiger partial charge in [0.15, 0.2) is 5.76 Å². The summed E-state index contributed by atoms with van der Waals surface area (Å²) in [5.74, 6) is -0.941. The molecule has 0 radical (unpaired) electrons. The molecule has 64 valence electrons. The predicted molar refractivity (Wildman–Crippen MR) is 47.8 cm³/mol. The van der Waals surface area contributed by atoms with Gasteiger partial charge in [0.2, 0.25) is 0 Å². The fraction of sp³-hybridized carbons (Fsp3) is 0.111. The Labute approximate surface area is 75.1 Å². The Morgan fingerprint density at radius 3 is 2.25 bits per heavy atom. The second-order valence-corrected chi connectivity index (χ2v) is 2.83. The quantitative estimate of drug-likeness (QED) is 0.665. The number of halogens is 2. The number of aliphatic hydroxyl groups excluding tert-OH is 1. The lowest BCUT2D eigenvalue weighted by Gasteiger charge is -1.99. The maximum absolute atomic E-state index is 12.5. The van der Waals surface area contributed by atoms with Crippen LogP contribution in [0.3, 0.4) is 0 Å². The summed E-state index contributed by atoms with van der Waals surface area (Å²) in [6.07, 6.45) is 0. The third-order valence-corrected chi connectivity index (χ3v) is 1.70. The minimum absolute atomic E-state index is 0.341. The van der Waals surface area contributed by atoms with Crippen molar-refractivity contribution in [1.82, 2.24) is 0 Å². The van der Waals surface area contributed by atoms with E-state index < -0.39 is 5.83 Å². The molecule has 1 N–H and O–H groups in total. The van der Waals surface area contributed by atoms with E-state index in [0.29, 0.717) is 10.6 Å². The molecule has 1 rings (SSSR count). The summed E-state index contributed by atoms with van der Waals surface area (Å²) in [6, 6.07) is 6.30. The monoisotopic (exact) mass is 186 g/mol. The molecule has 0 spiro atoms. The van der Waals surface area contributed by atoms with Gasteiger partial charge in [-0.3, -0.25) is 0 Å². The highest BCUT2D eigenvalue weighted by Gasteiger charge is 2.02. The molecule has 0 saturated heterocycles. The topological polar surface area (TPSA) is 20.2 Å². The summed E-state index contributed by atoms with van der Waals surface area (Å²) in [5.41, 5.74) is 0.430. The largest absolute Gasteiger partial charge is 0.505 e. The average molecular weight is 187 g/mol. The van der Waals surface area contributed by atoms with Crippen LogP contribution in [-0.4, -0.2) is 5.11 Å². The van der Waals surface area contributed by atoms with E-state index in [1.165, 1.54) is 6.92 Å². The summed E-state index contributed by atoms with van der Waals surface area (Å²) in [4.78, 5) is 0. The highest BCUT2D eigenvalue weighted by atomic mass is 35.5. The van der Waals surface area contributed by atoms with Gasteiger partial charge in [0.25, 0.3) is 0 Å². The molecule has 0 bridgehead atoms. The molecule has 0 aliphatic carbocycles. The minimum atomic E-state index is -0.600. The summed E-state index contributed by atoms with van der Waals surface area (Å²) >= 11 is 5.60. The number of aliphatic hydroxyl groups is 1. The van der Waals surface area contributed by atoms with E-state index in [1.807, 2.05) is 0 Å². The van der Waals surface area contributed by atoms with Crippen molar-refractivity contribution in [3.8, 4) is 0 Å². The van der Waals surface area contributed by atoms with Crippen molar-refractivity contribution in [2.45, 2.75) is 6.92 Å². The van der Waals surface area contributed by atoms with Gasteiger partial charge in [-0.1, -0.05) is 11.6 Å². The molecular weight excluding hydrogens is 179 g/mol. The van der Waals surface area contributed by atoms with Crippen molar-refractivity contribution in [3.63, 3.8) is 0 Å². The first-order valence-corrected chi connectivity index (χ1v) is 3.80. The first kappa shape index (κ1) is 9.07. The van der Waals surface area contributed by atoms with Gasteiger partial charge in [0.1, 0.15) is 5.83 Å². The molecule has 0 unspecified atom stereocenters. The van der Waals surface area contributed by atoms with Crippen LogP contribution in [0.4, 0.5) is 4.39 Å². The molecule has 1 aromatic rings. The van der Waals surface area contributed by atoms with Crippen LogP contribution in [0, 0.1) is 0 Å². The normalized spacial score (nSPS) is 12.6. The zero-order valence-electron chi connectivity index (χ0n) is 6.51. The summed E-state index contributed by atoms with van der Waals surface area (Å²) in [6.45, 7) is 1.20. The van der Waals surface area contributed by atoms with E-state index in [0.717, 1.165) is 0 Å². The van der Waals surface area contributed by atoms with Gasteiger partial charge in [-0.2, -0.15) is 0 Å². The number of hydrogen-bond donors (Lipinski definition) is 1. The lowest BCUT2D eigenvalue weighted by Crippen LogP contribution is -1.83. The molecule has 0 aliphatic rings. The molecule has 0 heterocycles. The molecule has 0 saturated carbocycles. The Morgan fingerprint density at radius 2 is 1.83 bits per heavy atom. The van der Waals surface area contributed by atoms with Crippen LogP contribution >= 0.6 is 11.6 Å². The van der Waals surface area contributed by atoms with Gasteiger partial charge in [-0.15, -0.1) is 0 Å². The van der Waals surface area contributed by atoms with E-state index in [9.17, 15) is 4.39 Å². The molecule has 0 fully saturated rings. The van der Waals surface area contributed by atoms with E-state index in [4.69, 9.17) is 16.7 Å². The summed E-state index contributed by atoms with van der Waals surface area (Å²) in [5, 5.41) is 9.71. The van der Waals surface area contributed by atoms with Crippen molar-refractivity contribution in [2.75, 3.05) is 0 Å². The van der Waals surface area contributed by atoms with Crippen LogP contribution in [0.5, 0.6) is 0 Å². The first-order chi connectivity index (χ1) is 5.61. The van der Waals surface area contributed by atoms with Crippen LogP contribution in [0.15, 0.2) is 30.1 Å². The number of rotatable bonds is 1. The van der Waals surface area contributed by atoms with Gasteiger partial charge in [0.05, 0.1) is 0 Å². The Bertz CT molecular complexity index is 299. The fourth-order valence-electron chi connectivity index (χ4n) is 0.807. The van der Waals surface area contributed by atoms with Gasteiger partial charge in [-0.25, -0.2) is 4.39 Å². The highest BCUT2D eigenvalue weighted by Crippen LogP contribution is 2.18. The summed E-state index contributed by atoms with van der Waals surface area (Å²) in [7, 11) is 0. The molecule has 1 nitrogen and oxygen atoms in total. The molecule has 12 heavy (non-hydrogen) atoms. The lowest BCUT2D eigenvalue weighted by atomic mass is 10.2. The number of benzene rings is 1. The smallest absolute Gasteiger partial charge is 0.153 e. The lowest BCUT2D eigenvalue weighted by molar-refractivity contribution is 0.479. The second-order valence-electron chi connectivity index (χ2n) is 2.39. The van der Waals surface area contributed by atoms with Crippen molar-refractivity contribution >= 4 is 17.4 Å². The highest BCUT2D eigenvalue weighted by molar-refractivity contribution is 6.30. The van der Waals surface area contributed by atoms with Crippen molar-refractivity contribution in [1.29, 1.82) is 0 Å². The molecular formula is C9H8ClFO. The fourth-order valence-corrected chi connectivity index (χ4v) is 0.933. The first-order valence-electron chi connectivity index (χ1n) is 3.42. The van der Waals surface area contributed by atoms with Crippen LogP contribution in [0.25, 0.3) is 5.76 Å². The minimum Gasteiger partial charge on any atom is -0.505 e. The van der Waals surface area contributed by atoms with Gasteiger partial charge in [-0.05, 0) is 31.2 Å². The van der Waals surface area contributed by atoms with Gasteiger partial charge < -0.3 is 5.11 Å². The Hall–Kier alpha value is -1.02. The third-order valence-electron chi connectivity index (χ3n) is 1.44. The average Bonchev–Trinajstić information content (AvgIpc) is 2.04. The molecule has 0 atom stereocenters. The van der Waals surface area contributed by atoms with E-state index in [2.05, 4.69) is 0 Å². The zero-order valence-corrected chi connectivity index (χ0v) is 7.27. The Kier molecular flexibility index (Phi) is 2.71. The van der Waals surface area contributed by atoms with E-state index in [-0.39, 0.29) is 5.76 Å². The van der Waals surface area contributed by atoms with Crippen molar-refractivity contribution in [2.24, 2.45) is 0 Å². The van der Waals surface area contributed by atoms with Gasteiger partial charge >= 0.3 is 0 Å². The molecule has 3 heteroatoms. The van der Waals surface area contributed by atoms with Crippen LogP contribution < -0.4 is 0 Å². The molecule has 1 aromatic carbocycles. The Morgan fingerprint density at radius 1 is 1.33 bits per heavy atom. The zero-order chi connectivity index (χ0) is 9.14. The summed E-state index contributed by atoms with van der Waals surface area (Å²) < 4.78 is 12.5. The van der Waals surface area contributed by atoms with Gasteiger partial charge in [0, 0.05) is 10.6 Å². The van der Waals surface area contributed by atoms with Crippen molar-refractivity contribution in [3.05, 3.63) is 40.7 Å². The SMILES string of the molecule is C/C(F)=C(\O)c1ccc(Cl)cc1. The van der Waals surface area contributed by atoms with Crippen LogP contribution in [0.1, 0.15) is 12.5 Å². The van der Waals surface area contributed by atoms with E-state index in [1.54, 1.807) is 24.3 Å². The Balaban J connectivity index is 3.06. The second kappa shape index (κ2) is 3.59. The maximum Gasteiger partial charge on any atom is 0.153 e. The third kappa shape index (κ3) is 1.98. The molecule has 0 aliphatic heterocycles. The molecule has 0 aromatic heterocycles.